The van der Waals surface area contributed by atoms with E-state index < -0.39 is 0 Å². The Morgan fingerprint density at radius 1 is 1.48 bits per heavy atom. The number of nitrogens with two attached hydrogens (primary N) is 1. The molecule has 2 aromatic rings. The average molecular weight is 367 g/mol. The molecule has 0 bridgehead atoms. The van der Waals surface area contributed by atoms with Crippen molar-refractivity contribution in [1.29, 1.82) is 0 Å². The molecule has 1 aromatic heterocycles. The van der Waals surface area contributed by atoms with Crippen LogP contribution in [0.5, 0.6) is 0 Å². The summed E-state index contributed by atoms with van der Waals surface area (Å²) in [6, 6.07) is 5.96. The smallest absolute Gasteiger partial charge is 0.266 e. The first kappa shape index (κ1) is 14.9. The van der Waals surface area contributed by atoms with E-state index in [4.69, 9.17) is 5.73 Å². The molecule has 0 atom stereocenters. The van der Waals surface area contributed by atoms with Gasteiger partial charge in [0.2, 0.25) is 0 Å². The van der Waals surface area contributed by atoms with Gasteiger partial charge in [-0.15, -0.1) is 11.3 Å². The summed E-state index contributed by atoms with van der Waals surface area (Å²) < 4.78 is 2.02. The second-order valence-corrected chi connectivity index (χ2v) is 7.56. The van der Waals surface area contributed by atoms with Crippen LogP contribution in [0, 0.1) is 5.92 Å². The summed E-state index contributed by atoms with van der Waals surface area (Å²) in [6.07, 6.45) is 3.48. The van der Waals surface area contributed by atoms with Crippen LogP contribution in [0.1, 0.15) is 35.9 Å². The van der Waals surface area contributed by atoms with E-state index in [9.17, 15) is 4.79 Å². The third-order valence-corrected chi connectivity index (χ3v) is 5.67. The number of carbonyl (C=O) groups excluding carboxylic acids is 1. The van der Waals surface area contributed by atoms with Gasteiger partial charge in [-0.05, 0) is 37.3 Å². The number of fused-ring (bicyclic) bond motifs is 1. The van der Waals surface area contributed by atoms with E-state index in [0.717, 1.165) is 34.1 Å². The van der Waals surface area contributed by atoms with Crippen molar-refractivity contribution in [2.24, 2.45) is 5.92 Å². The molecule has 0 unspecified atom stereocenters. The van der Waals surface area contributed by atoms with Gasteiger partial charge in [0.15, 0.2) is 0 Å². The number of nitrogens with zero attached hydrogens (tertiary/aromatic N) is 1. The van der Waals surface area contributed by atoms with Crippen molar-refractivity contribution in [3.8, 4) is 0 Å². The summed E-state index contributed by atoms with van der Waals surface area (Å²) in [5.41, 5.74) is 6.87. The fourth-order valence-electron chi connectivity index (χ4n) is 2.59. The number of nitrogen functional groups attached to an aromatic ring is 1. The molecular weight excluding hydrogens is 348 g/mol. The summed E-state index contributed by atoms with van der Waals surface area (Å²) in [4.78, 5) is 15.5. The van der Waals surface area contributed by atoms with Crippen molar-refractivity contribution in [2.75, 3.05) is 18.8 Å². The highest BCUT2D eigenvalue weighted by atomic mass is 79.9. The van der Waals surface area contributed by atoms with Gasteiger partial charge in [0.1, 0.15) is 4.88 Å². The Morgan fingerprint density at radius 3 is 2.86 bits per heavy atom. The zero-order valence-corrected chi connectivity index (χ0v) is 14.5. The molecule has 0 saturated heterocycles. The number of amides is 1. The predicted molar refractivity (Wildman–Crippen MR) is 92.9 cm³/mol. The predicted octanol–water partition coefficient (Wildman–Crippen LogP) is 4.51. The van der Waals surface area contributed by atoms with Gasteiger partial charge in [-0.25, -0.2) is 0 Å². The number of anilines is 1. The third-order valence-electron chi connectivity index (χ3n) is 3.85. The van der Waals surface area contributed by atoms with Crippen molar-refractivity contribution >= 4 is 48.9 Å². The maximum Gasteiger partial charge on any atom is 0.266 e. The molecule has 0 radical (unpaired) electrons. The highest BCUT2D eigenvalue weighted by Gasteiger charge is 2.29. The van der Waals surface area contributed by atoms with Crippen LogP contribution in [-0.2, 0) is 0 Å². The Morgan fingerprint density at radius 2 is 2.24 bits per heavy atom. The molecule has 1 amide bonds. The summed E-state index contributed by atoms with van der Waals surface area (Å²) in [6.45, 7) is 3.80. The van der Waals surface area contributed by atoms with E-state index in [1.165, 1.54) is 24.2 Å². The van der Waals surface area contributed by atoms with Gasteiger partial charge < -0.3 is 10.6 Å². The topological polar surface area (TPSA) is 46.3 Å². The molecule has 1 aliphatic carbocycles. The van der Waals surface area contributed by atoms with E-state index in [1.807, 2.05) is 23.1 Å². The number of carbonyl (C=O) groups is 1. The van der Waals surface area contributed by atoms with Crippen LogP contribution in [0.15, 0.2) is 22.7 Å². The molecule has 1 fully saturated rings. The van der Waals surface area contributed by atoms with E-state index in [1.54, 1.807) is 0 Å². The standard InChI is InChI=1S/C16H19BrN2OS/c1-2-8-19(9-10-6-7-10)16(20)15-14(18)13-11(17)4-3-5-12(13)21-15/h3-5,10H,2,6-9,18H2,1H3. The van der Waals surface area contributed by atoms with Crippen molar-refractivity contribution < 1.29 is 4.79 Å². The monoisotopic (exact) mass is 366 g/mol. The SMILES string of the molecule is CCCN(CC1CC1)C(=O)c1sc2cccc(Br)c2c1N. The maximum absolute atomic E-state index is 12.8. The zero-order chi connectivity index (χ0) is 15.0. The molecule has 0 aliphatic heterocycles. The zero-order valence-electron chi connectivity index (χ0n) is 12.1. The first-order valence-electron chi connectivity index (χ1n) is 7.37. The van der Waals surface area contributed by atoms with E-state index in [0.29, 0.717) is 16.5 Å². The molecule has 5 heteroatoms. The first-order valence-corrected chi connectivity index (χ1v) is 8.98. The minimum absolute atomic E-state index is 0.0920. The van der Waals surface area contributed by atoms with Crippen LogP contribution in [0.4, 0.5) is 5.69 Å². The van der Waals surface area contributed by atoms with Crippen LogP contribution in [0.3, 0.4) is 0 Å². The van der Waals surface area contributed by atoms with Crippen molar-refractivity contribution in [2.45, 2.75) is 26.2 Å². The minimum atomic E-state index is 0.0920. The Kier molecular flexibility index (Phi) is 4.22. The average Bonchev–Trinajstić information content (AvgIpc) is 3.21. The number of halogens is 1. The molecule has 3 nitrogen and oxygen atoms in total. The van der Waals surface area contributed by atoms with Crippen molar-refractivity contribution in [1.82, 2.24) is 4.90 Å². The van der Waals surface area contributed by atoms with Gasteiger partial charge in [0, 0.05) is 27.6 Å². The van der Waals surface area contributed by atoms with Gasteiger partial charge in [0.05, 0.1) is 5.69 Å². The second kappa shape index (κ2) is 5.97. The molecule has 2 N–H and O–H groups in total. The molecule has 21 heavy (non-hydrogen) atoms. The Balaban J connectivity index is 1.95. The van der Waals surface area contributed by atoms with Gasteiger partial charge >= 0.3 is 0 Å². The maximum atomic E-state index is 12.8. The van der Waals surface area contributed by atoms with E-state index in [2.05, 4.69) is 22.9 Å². The normalized spacial score (nSPS) is 14.6. The highest BCUT2D eigenvalue weighted by molar-refractivity contribution is 9.10. The largest absolute Gasteiger partial charge is 0.397 e. The number of rotatable bonds is 5. The number of benzene rings is 1. The highest BCUT2D eigenvalue weighted by Crippen LogP contribution is 2.39. The van der Waals surface area contributed by atoms with Gasteiger partial charge in [-0.3, -0.25) is 4.79 Å². The number of hydrogen-bond donors (Lipinski definition) is 1. The van der Waals surface area contributed by atoms with Gasteiger partial charge in [0.25, 0.3) is 5.91 Å². The summed E-state index contributed by atoms with van der Waals surface area (Å²) in [5.74, 6) is 0.789. The molecule has 1 aromatic carbocycles. The second-order valence-electron chi connectivity index (χ2n) is 5.65. The third kappa shape index (κ3) is 2.94. The van der Waals surface area contributed by atoms with Crippen LogP contribution in [-0.4, -0.2) is 23.9 Å². The molecule has 3 rings (SSSR count). The molecule has 0 spiro atoms. The van der Waals surface area contributed by atoms with Gasteiger partial charge in [-0.2, -0.15) is 0 Å². The summed E-state index contributed by atoms with van der Waals surface area (Å²) >= 11 is 5.03. The lowest BCUT2D eigenvalue weighted by Crippen LogP contribution is -2.33. The number of hydrogen-bond acceptors (Lipinski definition) is 3. The summed E-state index contributed by atoms with van der Waals surface area (Å²) in [7, 11) is 0. The minimum Gasteiger partial charge on any atom is -0.397 e. The summed E-state index contributed by atoms with van der Waals surface area (Å²) in [5, 5.41) is 0.966. The molecule has 1 heterocycles. The fraction of sp³-hybridized carbons (Fsp3) is 0.438. The first-order chi connectivity index (χ1) is 10.1. The Labute approximate surface area is 137 Å². The van der Waals surface area contributed by atoms with E-state index >= 15 is 0 Å². The molecule has 1 saturated carbocycles. The van der Waals surface area contributed by atoms with Crippen LogP contribution >= 0.6 is 27.3 Å². The van der Waals surface area contributed by atoms with E-state index in [-0.39, 0.29) is 5.91 Å². The lowest BCUT2D eigenvalue weighted by Gasteiger charge is -2.21. The van der Waals surface area contributed by atoms with Crippen LogP contribution in [0.2, 0.25) is 0 Å². The molecule has 112 valence electrons. The van der Waals surface area contributed by atoms with Crippen LogP contribution in [0.25, 0.3) is 10.1 Å². The van der Waals surface area contributed by atoms with Crippen molar-refractivity contribution in [3.63, 3.8) is 0 Å². The fourth-order valence-corrected chi connectivity index (χ4v) is 4.42. The molecular formula is C16H19BrN2OS. The Hall–Kier alpha value is -1.07. The van der Waals surface area contributed by atoms with Gasteiger partial charge in [-0.1, -0.05) is 28.9 Å². The van der Waals surface area contributed by atoms with Crippen molar-refractivity contribution in [3.05, 3.63) is 27.5 Å². The Bertz CT molecular complexity index is 678. The van der Waals surface area contributed by atoms with Crippen LogP contribution < -0.4 is 5.73 Å². The lowest BCUT2D eigenvalue weighted by atomic mass is 10.2. The quantitative estimate of drug-likeness (QED) is 0.845. The lowest BCUT2D eigenvalue weighted by molar-refractivity contribution is 0.0753. The number of thiophene rings is 1. The molecule has 1 aliphatic rings.